The van der Waals surface area contributed by atoms with Crippen molar-refractivity contribution in [1.29, 1.82) is 0 Å². The van der Waals surface area contributed by atoms with Gasteiger partial charge in [-0.2, -0.15) is 0 Å². The number of amides is 2. The van der Waals surface area contributed by atoms with Crippen LogP contribution in [-0.4, -0.2) is 56.3 Å². The first-order valence-corrected chi connectivity index (χ1v) is 5.87. The van der Waals surface area contributed by atoms with Crippen molar-refractivity contribution in [3.63, 3.8) is 0 Å². The van der Waals surface area contributed by atoms with Crippen molar-refractivity contribution in [2.75, 3.05) is 33.5 Å². The first kappa shape index (κ1) is 14.2. The zero-order valence-corrected chi connectivity index (χ0v) is 10.5. The summed E-state index contributed by atoms with van der Waals surface area (Å²) in [6.45, 7) is 3.34. The maximum atomic E-state index is 11.5. The molecule has 0 spiro atoms. The Labute approximate surface area is 102 Å². The Morgan fingerprint density at radius 1 is 1.53 bits per heavy atom. The van der Waals surface area contributed by atoms with Crippen molar-refractivity contribution in [3.05, 3.63) is 0 Å². The van der Waals surface area contributed by atoms with Gasteiger partial charge in [-0.25, -0.2) is 4.79 Å². The highest BCUT2D eigenvalue weighted by atomic mass is 16.5. The summed E-state index contributed by atoms with van der Waals surface area (Å²) < 4.78 is 10.0. The normalized spacial score (nSPS) is 20.6. The van der Waals surface area contributed by atoms with E-state index in [1.54, 1.807) is 6.92 Å². The zero-order valence-electron chi connectivity index (χ0n) is 10.5. The average Bonchev–Trinajstić information content (AvgIpc) is 2.28. The minimum atomic E-state index is -1.04. The second kappa shape index (κ2) is 6.78. The number of hydrogen-bond acceptors (Lipinski definition) is 4. The molecule has 100 valence electrons. The molecule has 1 unspecified atom stereocenters. The minimum Gasteiger partial charge on any atom is -0.386 e. The third-order valence-corrected chi connectivity index (χ3v) is 2.64. The van der Waals surface area contributed by atoms with Gasteiger partial charge in [0.25, 0.3) is 0 Å². The topological polar surface area (TPSA) is 79.8 Å². The molecule has 1 rings (SSSR count). The molecule has 0 bridgehead atoms. The van der Waals surface area contributed by atoms with Crippen molar-refractivity contribution >= 4 is 6.03 Å². The summed E-state index contributed by atoms with van der Waals surface area (Å²) in [4.78, 5) is 11.5. The number of nitrogens with one attached hydrogen (secondary N) is 2. The van der Waals surface area contributed by atoms with E-state index in [2.05, 4.69) is 10.6 Å². The monoisotopic (exact) mass is 246 g/mol. The zero-order chi connectivity index (χ0) is 12.7. The van der Waals surface area contributed by atoms with E-state index >= 15 is 0 Å². The van der Waals surface area contributed by atoms with Crippen LogP contribution < -0.4 is 10.6 Å². The predicted octanol–water partition coefficient (Wildman–Crippen LogP) is -0.138. The summed E-state index contributed by atoms with van der Waals surface area (Å²) in [7, 11) is 1.51. The smallest absolute Gasteiger partial charge is 0.315 e. The van der Waals surface area contributed by atoms with Crippen molar-refractivity contribution in [2.24, 2.45) is 0 Å². The molecule has 1 atom stereocenters. The molecular formula is C11H22N2O4. The number of carbonyl (C=O) groups excluding carboxylic acids is 1. The van der Waals surface area contributed by atoms with Gasteiger partial charge >= 0.3 is 6.03 Å². The second-order valence-corrected chi connectivity index (χ2v) is 4.64. The number of urea groups is 1. The fraction of sp³-hybridized carbons (Fsp3) is 0.909. The fourth-order valence-corrected chi connectivity index (χ4v) is 1.71. The summed E-state index contributed by atoms with van der Waals surface area (Å²) in [5.74, 6) is 0. The molecule has 2 amide bonds. The van der Waals surface area contributed by atoms with Crippen LogP contribution in [0, 0.1) is 0 Å². The van der Waals surface area contributed by atoms with Crippen LogP contribution in [-0.2, 0) is 9.47 Å². The Morgan fingerprint density at radius 2 is 2.18 bits per heavy atom. The summed E-state index contributed by atoms with van der Waals surface area (Å²) in [6, 6.07) is -0.0931. The molecule has 1 fully saturated rings. The quantitative estimate of drug-likeness (QED) is 0.631. The largest absolute Gasteiger partial charge is 0.386 e. The van der Waals surface area contributed by atoms with Crippen LogP contribution in [0.15, 0.2) is 0 Å². The molecule has 0 radical (unpaired) electrons. The number of ether oxygens (including phenoxy) is 2. The molecule has 6 nitrogen and oxygen atoms in total. The molecule has 1 saturated heterocycles. The van der Waals surface area contributed by atoms with Crippen molar-refractivity contribution in [1.82, 2.24) is 10.6 Å². The van der Waals surface area contributed by atoms with Crippen LogP contribution in [0.5, 0.6) is 0 Å². The molecule has 0 aromatic heterocycles. The third kappa shape index (κ3) is 5.86. The Bertz CT molecular complexity index is 240. The minimum absolute atomic E-state index is 0.163. The van der Waals surface area contributed by atoms with E-state index in [4.69, 9.17) is 9.47 Å². The number of aliphatic hydroxyl groups is 1. The Morgan fingerprint density at radius 3 is 2.76 bits per heavy atom. The molecule has 6 heteroatoms. The molecule has 17 heavy (non-hydrogen) atoms. The van der Waals surface area contributed by atoms with E-state index < -0.39 is 5.60 Å². The van der Waals surface area contributed by atoms with E-state index in [1.807, 2.05) is 0 Å². The SMILES string of the molecule is COCC(C)(O)CNC(=O)NC1CCOCC1. The summed E-state index contributed by atoms with van der Waals surface area (Å²) >= 11 is 0. The molecule has 0 aromatic carbocycles. The van der Waals surface area contributed by atoms with Gasteiger partial charge in [-0.05, 0) is 19.8 Å². The third-order valence-electron chi connectivity index (χ3n) is 2.64. The Balaban J connectivity index is 2.20. The van der Waals surface area contributed by atoms with Gasteiger partial charge < -0.3 is 25.2 Å². The van der Waals surface area contributed by atoms with Gasteiger partial charge in [0.15, 0.2) is 0 Å². The van der Waals surface area contributed by atoms with Gasteiger partial charge in [-0.15, -0.1) is 0 Å². The fourth-order valence-electron chi connectivity index (χ4n) is 1.71. The number of hydrogen-bond donors (Lipinski definition) is 3. The maximum absolute atomic E-state index is 11.5. The highest BCUT2D eigenvalue weighted by molar-refractivity contribution is 5.74. The van der Waals surface area contributed by atoms with E-state index in [0.29, 0.717) is 13.2 Å². The average molecular weight is 246 g/mol. The van der Waals surface area contributed by atoms with E-state index in [0.717, 1.165) is 12.8 Å². The van der Waals surface area contributed by atoms with Gasteiger partial charge in [0, 0.05) is 26.4 Å². The molecule has 1 aliphatic rings. The number of rotatable bonds is 5. The van der Waals surface area contributed by atoms with Crippen LogP contribution in [0.2, 0.25) is 0 Å². The van der Waals surface area contributed by atoms with Crippen molar-refractivity contribution in [3.8, 4) is 0 Å². The standard InChI is InChI=1S/C11H22N2O4/c1-11(15,8-16-2)7-12-10(14)13-9-3-5-17-6-4-9/h9,15H,3-8H2,1-2H3,(H2,12,13,14). The van der Waals surface area contributed by atoms with Gasteiger partial charge in [-0.3, -0.25) is 0 Å². The summed E-state index contributed by atoms with van der Waals surface area (Å²) in [5, 5.41) is 15.3. The first-order chi connectivity index (χ1) is 8.03. The van der Waals surface area contributed by atoms with E-state index in [-0.39, 0.29) is 25.2 Å². The van der Waals surface area contributed by atoms with Crippen LogP contribution in [0.25, 0.3) is 0 Å². The Kier molecular flexibility index (Phi) is 5.67. The number of methoxy groups -OCH3 is 1. The lowest BCUT2D eigenvalue weighted by molar-refractivity contribution is -0.0137. The van der Waals surface area contributed by atoms with Crippen LogP contribution in [0.1, 0.15) is 19.8 Å². The van der Waals surface area contributed by atoms with Crippen LogP contribution in [0.3, 0.4) is 0 Å². The molecule has 3 N–H and O–H groups in total. The lowest BCUT2D eigenvalue weighted by Gasteiger charge is -2.25. The van der Waals surface area contributed by atoms with Gasteiger partial charge in [0.1, 0.15) is 5.60 Å². The Hall–Kier alpha value is -0.850. The molecule has 0 saturated carbocycles. The molecule has 0 aromatic rings. The van der Waals surface area contributed by atoms with Crippen molar-refractivity contribution < 1.29 is 19.4 Å². The number of carbonyl (C=O) groups is 1. The van der Waals surface area contributed by atoms with Gasteiger partial charge in [0.2, 0.25) is 0 Å². The maximum Gasteiger partial charge on any atom is 0.315 e. The molecular weight excluding hydrogens is 224 g/mol. The van der Waals surface area contributed by atoms with E-state index in [1.165, 1.54) is 7.11 Å². The lowest BCUT2D eigenvalue weighted by atomic mass is 10.1. The summed E-state index contributed by atoms with van der Waals surface area (Å²) in [5.41, 5.74) is -1.04. The first-order valence-electron chi connectivity index (χ1n) is 5.87. The van der Waals surface area contributed by atoms with Crippen molar-refractivity contribution in [2.45, 2.75) is 31.4 Å². The molecule has 0 aliphatic carbocycles. The molecule has 1 aliphatic heterocycles. The van der Waals surface area contributed by atoms with Gasteiger partial charge in [0.05, 0.1) is 13.2 Å². The second-order valence-electron chi connectivity index (χ2n) is 4.64. The highest BCUT2D eigenvalue weighted by Gasteiger charge is 2.22. The van der Waals surface area contributed by atoms with Gasteiger partial charge in [-0.1, -0.05) is 0 Å². The molecule has 1 heterocycles. The summed E-state index contributed by atoms with van der Waals surface area (Å²) in [6.07, 6.45) is 1.67. The highest BCUT2D eigenvalue weighted by Crippen LogP contribution is 2.06. The van der Waals surface area contributed by atoms with Crippen LogP contribution in [0.4, 0.5) is 4.79 Å². The lowest BCUT2D eigenvalue weighted by Crippen LogP contribution is -2.50. The predicted molar refractivity (Wildman–Crippen MR) is 62.9 cm³/mol. The van der Waals surface area contributed by atoms with E-state index in [9.17, 15) is 9.90 Å². The van der Waals surface area contributed by atoms with Crippen LogP contribution >= 0.6 is 0 Å².